The number of carbonyl (C=O) groups is 1. The van der Waals surface area contributed by atoms with Gasteiger partial charge >= 0.3 is 10.1 Å². The minimum atomic E-state index is -4.00. The van der Waals surface area contributed by atoms with E-state index >= 15 is 0 Å². The van der Waals surface area contributed by atoms with Crippen molar-refractivity contribution in [3.63, 3.8) is 0 Å². The van der Waals surface area contributed by atoms with Crippen molar-refractivity contribution in [1.29, 1.82) is 0 Å². The lowest BCUT2D eigenvalue weighted by molar-refractivity contribution is 0.101. The van der Waals surface area contributed by atoms with Crippen molar-refractivity contribution in [2.75, 3.05) is 0 Å². The van der Waals surface area contributed by atoms with E-state index in [1.165, 1.54) is 31.2 Å². The van der Waals surface area contributed by atoms with Crippen LogP contribution in [0.25, 0.3) is 0 Å². The molecule has 2 aromatic rings. The van der Waals surface area contributed by atoms with E-state index in [2.05, 4.69) is 31.9 Å². The second-order valence-electron chi connectivity index (χ2n) is 4.19. The molecule has 2 aromatic carbocycles. The molecule has 110 valence electrons. The van der Waals surface area contributed by atoms with E-state index in [4.69, 9.17) is 4.18 Å². The van der Waals surface area contributed by atoms with Gasteiger partial charge in [-0.05, 0) is 43.3 Å². The highest BCUT2D eigenvalue weighted by Gasteiger charge is 2.20. The molecule has 0 heterocycles. The molecule has 2 rings (SSSR count). The first-order chi connectivity index (χ1) is 9.79. The zero-order valence-corrected chi connectivity index (χ0v) is 14.8. The Bertz CT molecular complexity index is 800. The summed E-state index contributed by atoms with van der Waals surface area (Å²) < 4.78 is 30.9. The molecule has 0 N–H and O–H groups in total. The lowest BCUT2D eigenvalue weighted by Gasteiger charge is -2.10. The van der Waals surface area contributed by atoms with Crippen LogP contribution >= 0.6 is 31.9 Å². The van der Waals surface area contributed by atoms with Gasteiger partial charge in [-0.3, -0.25) is 4.79 Å². The average molecular weight is 434 g/mol. The summed E-state index contributed by atoms with van der Waals surface area (Å²) >= 11 is 6.44. The van der Waals surface area contributed by atoms with Gasteiger partial charge < -0.3 is 4.18 Å². The lowest BCUT2D eigenvalue weighted by atomic mass is 10.1. The van der Waals surface area contributed by atoms with Crippen molar-refractivity contribution in [3.8, 4) is 5.75 Å². The third-order valence-corrected chi connectivity index (χ3v) is 4.82. The normalized spacial score (nSPS) is 11.2. The van der Waals surface area contributed by atoms with Crippen molar-refractivity contribution in [2.24, 2.45) is 0 Å². The molecule has 0 aliphatic rings. The number of benzene rings is 2. The first-order valence-corrected chi connectivity index (χ1v) is 8.79. The highest BCUT2D eigenvalue weighted by atomic mass is 79.9. The van der Waals surface area contributed by atoms with E-state index in [9.17, 15) is 13.2 Å². The fourth-order valence-corrected chi connectivity index (χ4v) is 3.55. The maximum Gasteiger partial charge on any atom is 0.339 e. The largest absolute Gasteiger partial charge is 0.378 e. The third kappa shape index (κ3) is 3.93. The standard InChI is InChI=1S/C14H10Br2O4S/c1-9(17)13-8-11(16)5-6-14(13)20-21(18,19)12-4-2-3-10(15)7-12/h2-8H,1H3. The number of ketones is 1. The summed E-state index contributed by atoms with van der Waals surface area (Å²) in [7, 11) is -4.00. The Morgan fingerprint density at radius 2 is 1.71 bits per heavy atom. The van der Waals surface area contributed by atoms with Gasteiger partial charge in [0, 0.05) is 8.95 Å². The molecule has 0 aromatic heterocycles. The van der Waals surface area contributed by atoms with E-state index in [0.717, 1.165) is 0 Å². The molecule has 0 bridgehead atoms. The Kier molecular flexibility index (Phi) is 4.85. The number of halogens is 2. The fraction of sp³-hybridized carbons (Fsp3) is 0.0714. The van der Waals surface area contributed by atoms with Crippen LogP contribution in [0.3, 0.4) is 0 Å². The van der Waals surface area contributed by atoms with Gasteiger partial charge in [-0.2, -0.15) is 8.42 Å². The van der Waals surface area contributed by atoms with E-state index in [1.807, 2.05) is 0 Å². The van der Waals surface area contributed by atoms with Gasteiger partial charge in [0.05, 0.1) is 5.56 Å². The highest BCUT2D eigenvalue weighted by molar-refractivity contribution is 9.10. The third-order valence-electron chi connectivity index (χ3n) is 2.61. The molecular formula is C14H10Br2O4S. The summed E-state index contributed by atoms with van der Waals surface area (Å²) in [5, 5.41) is 0. The van der Waals surface area contributed by atoms with Gasteiger partial charge in [-0.15, -0.1) is 0 Å². The molecule has 0 fully saturated rings. The highest BCUT2D eigenvalue weighted by Crippen LogP contribution is 2.27. The molecule has 0 unspecified atom stereocenters. The molecule has 7 heteroatoms. The van der Waals surface area contributed by atoms with Gasteiger partial charge in [-0.25, -0.2) is 0 Å². The molecule has 0 spiro atoms. The van der Waals surface area contributed by atoms with Gasteiger partial charge in [0.1, 0.15) is 4.90 Å². The summed E-state index contributed by atoms with van der Waals surface area (Å²) in [6.07, 6.45) is 0. The number of rotatable bonds is 4. The van der Waals surface area contributed by atoms with Crippen LogP contribution in [0, 0.1) is 0 Å². The van der Waals surface area contributed by atoms with Gasteiger partial charge in [-0.1, -0.05) is 37.9 Å². The number of carbonyl (C=O) groups excluding carboxylic acids is 1. The summed E-state index contributed by atoms with van der Waals surface area (Å²) in [5.74, 6) is -0.276. The zero-order valence-electron chi connectivity index (χ0n) is 10.8. The molecule has 0 atom stereocenters. The Hall–Kier alpha value is -1.18. The van der Waals surface area contributed by atoms with Crippen LogP contribution < -0.4 is 4.18 Å². The molecule has 21 heavy (non-hydrogen) atoms. The quantitative estimate of drug-likeness (QED) is 0.535. The minimum absolute atomic E-state index is 0.00526. The maximum absolute atomic E-state index is 12.2. The minimum Gasteiger partial charge on any atom is -0.378 e. The predicted molar refractivity (Wildman–Crippen MR) is 86.1 cm³/mol. The topological polar surface area (TPSA) is 60.4 Å². The Morgan fingerprint density at radius 1 is 1.05 bits per heavy atom. The molecule has 0 amide bonds. The molecule has 0 saturated heterocycles. The van der Waals surface area contributed by atoms with Crippen LogP contribution in [-0.2, 0) is 10.1 Å². The molecule has 0 radical (unpaired) electrons. The summed E-state index contributed by atoms with van der Waals surface area (Å²) in [6, 6.07) is 10.7. The van der Waals surface area contributed by atoms with Crippen LogP contribution in [0.15, 0.2) is 56.3 Å². The number of Topliss-reactive ketones (excluding diaryl/α,β-unsaturated/α-hetero) is 1. The van der Waals surface area contributed by atoms with Crippen LogP contribution in [0.2, 0.25) is 0 Å². The Labute approximate surface area is 139 Å². The molecule has 4 nitrogen and oxygen atoms in total. The molecule has 0 aliphatic heterocycles. The van der Waals surface area contributed by atoms with Gasteiger partial charge in [0.15, 0.2) is 11.5 Å². The number of hydrogen-bond donors (Lipinski definition) is 0. The molecular weight excluding hydrogens is 424 g/mol. The first-order valence-electron chi connectivity index (χ1n) is 5.80. The summed E-state index contributed by atoms with van der Waals surface area (Å²) in [4.78, 5) is 11.6. The van der Waals surface area contributed by atoms with Crippen LogP contribution in [0.5, 0.6) is 5.75 Å². The van der Waals surface area contributed by atoms with Crippen molar-refractivity contribution in [2.45, 2.75) is 11.8 Å². The van der Waals surface area contributed by atoms with Crippen molar-refractivity contribution < 1.29 is 17.4 Å². The predicted octanol–water partition coefficient (Wildman–Crippen LogP) is 4.18. The zero-order chi connectivity index (χ0) is 15.6. The summed E-state index contributed by atoms with van der Waals surface area (Å²) in [5.41, 5.74) is 0.197. The van der Waals surface area contributed by atoms with Crippen molar-refractivity contribution >= 4 is 47.8 Å². The van der Waals surface area contributed by atoms with E-state index in [-0.39, 0.29) is 22.0 Å². The Morgan fingerprint density at radius 3 is 2.33 bits per heavy atom. The monoisotopic (exact) mass is 432 g/mol. The molecule has 0 saturated carbocycles. The maximum atomic E-state index is 12.2. The first kappa shape index (κ1) is 16.2. The lowest BCUT2D eigenvalue weighted by Crippen LogP contribution is -2.12. The van der Waals surface area contributed by atoms with Crippen LogP contribution in [0.4, 0.5) is 0 Å². The summed E-state index contributed by atoms with van der Waals surface area (Å²) in [6.45, 7) is 1.35. The second kappa shape index (κ2) is 6.29. The van der Waals surface area contributed by atoms with Gasteiger partial charge in [0.25, 0.3) is 0 Å². The van der Waals surface area contributed by atoms with Crippen molar-refractivity contribution in [1.82, 2.24) is 0 Å². The van der Waals surface area contributed by atoms with Crippen LogP contribution in [0.1, 0.15) is 17.3 Å². The smallest absolute Gasteiger partial charge is 0.339 e. The second-order valence-corrected chi connectivity index (χ2v) is 7.57. The number of hydrogen-bond acceptors (Lipinski definition) is 4. The Balaban J connectivity index is 2.44. The SMILES string of the molecule is CC(=O)c1cc(Br)ccc1OS(=O)(=O)c1cccc(Br)c1. The molecule has 0 aliphatic carbocycles. The van der Waals surface area contributed by atoms with Crippen LogP contribution in [-0.4, -0.2) is 14.2 Å². The van der Waals surface area contributed by atoms with E-state index < -0.39 is 10.1 Å². The fourth-order valence-electron chi connectivity index (χ4n) is 1.64. The van der Waals surface area contributed by atoms with E-state index in [1.54, 1.807) is 18.2 Å². The average Bonchev–Trinajstić information content (AvgIpc) is 2.40. The van der Waals surface area contributed by atoms with E-state index in [0.29, 0.717) is 8.95 Å². The van der Waals surface area contributed by atoms with Gasteiger partial charge in [0.2, 0.25) is 0 Å². The van der Waals surface area contributed by atoms with Crippen molar-refractivity contribution in [3.05, 3.63) is 57.0 Å².